The van der Waals surface area contributed by atoms with Gasteiger partial charge in [0.2, 0.25) is 0 Å². The summed E-state index contributed by atoms with van der Waals surface area (Å²) < 4.78 is 19.7. The highest BCUT2D eigenvalue weighted by molar-refractivity contribution is 5.51. The Morgan fingerprint density at radius 3 is 2.36 bits per heavy atom. The molecule has 0 aliphatic carbocycles. The van der Waals surface area contributed by atoms with Gasteiger partial charge in [-0.15, -0.1) is 0 Å². The summed E-state index contributed by atoms with van der Waals surface area (Å²) in [7, 11) is 0. The first-order valence-electron chi connectivity index (χ1n) is 7.78. The molecule has 1 nitrogen and oxygen atoms in total. The van der Waals surface area contributed by atoms with E-state index in [-0.39, 0.29) is 16.6 Å². The SMILES string of the molecule is CC(C)(C)c1ccc2c(c1)C(C)(C)Cc1cc(F)ccc1O2. The lowest BCUT2D eigenvalue weighted by molar-refractivity contribution is 0.467. The maximum Gasteiger partial charge on any atom is 0.131 e. The minimum absolute atomic E-state index is 0.0936. The molecule has 22 heavy (non-hydrogen) atoms. The third kappa shape index (κ3) is 2.63. The number of ether oxygens (including phenoxy) is 1. The van der Waals surface area contributed by atoms with E-state index in [2.05, 4.69) is 52.8 Å². The van der Waals surface area contributed by atoms with Crippen molar-refractivity contribution in [3.63, 3.8) is 0 Å². The average Bonchev–Trinajstić information content (AvgIpc) is 2.50. The predicted molar refractivity (Wildman–Crippen MR) is 88.3 cm³/mol. The van der Waals surface area contributed by atoms with E-state index in [4.69, 9.17) is 4.74 Å². The van der Waals surface area contributed by atoms with Gasteiger partial charge in [-0.1, -0.05) is 46.8 Å². The van der Waals surface area contributed by atoms with Crippen molar-refractivity contribution in [2.24, 2.45) is 0 Å². The second-order valence-electron chi connectivity index (χ2n) is 7.88. The monoisotopic (exact) mass is 298 g/mol. The van der Waals surface area contributed by atoms with E-state index in [1.807, 2.05) is 0 Å². The van der Waals surface area contributed by atoms with Crippen LogP contribution < -0.4 is 4.74 Å². The summed E-state index contributed by atoms with van der Waals surface area (Å²) in [6, 6.07) is 11.2. The number of fused-ring (bicyclic) bond motifs is 2. The minimum Gasteiger partial charge on any atom is -0.457 e. The van der Waals surface area contributed by atoms with Crippen LogP contribution in [0.1, 0.15) is 51.3 Å². The molecule has 2 aromatic carbocycles. The fraction of sp³-hybridized carbons (Fsp3) is 0.400. The van der Waals surface area contributed by atoms with Crippen LogP contribution in [0.2, 0.25) is 0 Å². The molecule has 0 aromatic heterocycles. The quantitative estimate of drug-likeness (QED) is 0.602. The Labute approximate surface area is 132 Å². The van der Waals surface area contributed by atoms with Gasteiger partial charge in [-0.25, -0.2) is 4.39 Å². The summed E-state index contributed by atoms with van der Waals surface area (Å²) >= 11 is 0. The number of hydrogen-bond acceptors (Lipinski definition) is 1. The van der Waals surface area contributed by atoms with Crippen molar-refractivity contribution < 1.29 is 9.13 Å². The third-order valence-corrected chi connectivity index (χ3v) is 4.45. The molecule has 3 rings (SSSR count). The molecule has 0 saturated heterocycles. The molecule has 0 unspecified atom stereocenters. The van der Waals surface area contributed by atoms with Gasteiger partial charge < -0.3 is 4.74 Å². The minimum atomic E-state index is -0.209. The summed E-state index contributed by atoms with van der Waals surface area (Å²) in [6.45, 7) is 11.0. The molecule has 116 valence electrons. The Balaban J connectivity index is 2.16. The Hall–Kier alpha value is -1.83. The molecule has 1 heterocycles. The van der Waals surface area contributed by atoms with Gasteiger partial charge in [-0.2, -0.15) is 0 Å². The number of halogens is 1. The first-order chi connectivity index (χ1) is 10.2. The van der Waals surface area contributed by atoms with E-state index >= 15 is 0 Å². The summed E-state index contributed by atoms with van der Waals surface area (Å²) in [5.74, 6) is 1.43. The number of rotatable bonds is 0. The Kier molecular flexibility index (Phi) is 3.32. The second-order valence-corrected chi connectivity index (χ2v) is 7.88. The molecule has 0 amide bonds. The summed E-state index contributed by atoms with van der Waals surface area (Å²) in [5.41, 5.74) is 3.40. The largest absolute Gasteiger partial charge is 0.457 e. The van der Waals surface area contributed by atoms with Crippen LogP contribution in [-0.2, 0) is 17.3 Å². The van der Waals surface area contributed by atoms with Gasteiger partial charge in [0.25, 0.3) is 0 Å². The summed E-state index contributed by atoms with van der Waals surface area (Å²) in [4.78, 5) is 0. The average molecular weight is 298 g/mol. The molecule has 0 radical (unpaired) electrons. The van der Waals surface area contributed by atoms with Gasteiger partial charge >= 0.3 is 0 Å². The van der Waals surface area contributed by atoms with Crippen molar-refractivity contribution in [3.05, 3.63) is 58.9 Å². The zero-order chi connectivity index (χ0) is 16.1. The van der Waals surface area contributed by atoms with E-state index in [0.717, 1.165) is 23.5 Å². The lowest BCUT2D eigenvalue weighted by atomic mass is 9.76. The van der Waals surface area contributed by atoms with Crippen molar-refractivity contribution in [1.29, 1.82) is 0 Å². The lowest BCUT2D eigenvalue weighted by Crippen LogP contribution is -2.21. The Morgan fingerprint density at radius 2 is 1.68 bits per heavy atom. The summed E-state index contributed by atoms with van der Waals surface area (Å²) in [5, 5.41) is 0. The normalized spacial score (nSPS) is 16.3. The molecule has 0 fully saturated rings. The zero-order valence-electron chi connectivity index (χ0n) is 14.0. The molecule has 0 atom stereocenters. The van der Waals surface area contributed by atoms with E-state index in [1.165, 1.54) is 17.2 Å². The molecule has 2 aromatic rings. The van der Waals surface area contributed by atoms with Gasteiger partial charge in [-0.3, -0.25) is 0 Å². The first-order valence-corrected chi connectivity index (χ1v) is 7.78. The highest BCUT2D eigenvalue weighted by atomic mass is 19.1. The van der Waals surface area contributed by atoms with Gasteiger partial charge in [0.05, 0.1) is 0 Å². The van der Waals surface area contributed by atoms with Crippen LogP contribution in [0, 0.1) is 5.82 Å². The van der Waals surface area contributed by atoms with Crippen molar-refractivity contribution in [1.82, 2.24) is 0 Å². The number of benzene rings is 2. The van der Waals surface area contributed by atoms with Gasteiger partial charge in [0.1, 0.15) is 17.3 Å². The van der Waals surface area contributed by atoms with E-state index < -0.39 is 0 Å². The van der Waals surface area contributed by atoms with Crippen LogP contribution >= 0.6 is 0 Å². The van der Waals surface area contributed by atoms with E-state index in [1.54, 1.807) is 12.1 Å². The van der Waals surface area contributed by atoms with Crippen LogP contribution in [0.5, 0.6) is 11.5 Å². The Bertz CT molecular complexity index is 723. The molecular formula is C20H23FO. The Morgan fingerprint density at radius 1 is 1.00 bits per heavy atom. The van der Waals surface area contributed by atoms with Crippen LogP contribution in [0.4, 0.5) is 4.39 Å². The maximum absolute atomic E-state index is 13.6. The lowest BCUT2D eigenvalue weighted by Gasteiger charge is -2.27. The van der Waals surface area contributed by atoms with Crippen LogP contribution in [0.3, 0.4) is 0 Å². The van der Waals surface area contributed by atoms with Gasteiger partial charge in [-0.05, 0) is 52.6 Å². The molecule has 0 bridgehead atoms. The van der Waals surface area contributed by atoms with Crippen LogP contribution in [0.15, 0.2) is 36.4 Å². The standard InChI is InChI=1S/C20H23FO/c1-19(2,3)14-6-8-18-16(11-14)20(4,5)12-13-10-15(21)7-9-17(13)22-18/h6-11H,12H2,1-5H3. The van der Waals surface area contributed by atoms with E-state index in [9.17, 15) is 4.39 Å². The van der Waals surface area contributed by atoms with E-state index in [0.29, 0.717) is 0 Å². The van der Waals surface area contributed by atoms with Crippen molar-refractivity contribution in [3.8, 4) is 11.5 Å². The number of hydrogen-bond donors (Lipinski definition) is 0. The second kappa shape index (κ2) is 4.84. The molecule has 0 saturated carbocycles. The fourth-order valence-corrected chi connectivity index (χ4v) is 3.09. The molecular weight excluding hydrogens is 275 g/mol. The van der Waals surface area contributed by atoms with Gasteiger partial charge in [0, 0.05) is 5.56 Å². The van der Waals surface area contributed by atoms with Crippen molar-refractivity contribution in [2.75, 3.05) is 0 Å². The maximum atomic E-state index is 13.6. The topological polar surface area (TPSA) is 9.23 Å². The predicted octanol–water partition coefficient (Wildman–Crippen LogP) is 5.75. The van der Waals surface area contributed by atoms with Crippen molar-refractivity contribution >= 4 is 0 Å². The van der Waals surface area contributed by atoms with Crippen LogP contribution in [0.25, 0.3) is 0 Å². The molecule has 1 aliphatic rings. The highest BCUT2D eigenvalue weighted by Gasteiger charge is 2.31. The summed E-state index contributed by atoms with van der Waals surface area (Å²) in [6.07, 6.45) is 0.765. The first kappa shape index (κ1) is 15.1. The zero-order valence-corrected chi connectivity index (χ0v) is 14.0. The molecule has 1 aliphatic heterocycles. The molecule has 0 N–H and O–H groups in total. The molecule has 2 heteroatoms. The van der Waals surface area contributed by atoms with Crippen molar-refractivity contribution in [2.45, 2.75) is 51.9 Å². The van der Waals surface area contributed by atoms with Gasteiger partial charge in [0.15, 0.2) is 0 Å². The highest BCUT2D eigenvalue weighted by Crippen LogP contribution is 2.44. The molecule has 0 spiro atoms. The fourth-order valence-electron chi connectivity index (χ4n) is 3.09. The van der Waals surface area contributed by atoms with Crippen LogP contribution in [-0.4, -0.2) is 0 Å². The smallest absolute Gasteiger partial charge is 0.131 e. The third-order valence-electron chi connectivity index (χ3n) is 4.45.